The zero-order chi connectivity index (χ0) is 28.6. The summed E-state index contributed by atoms with van der Waals surface area (Å²) in [6.45, 7) is 17.9. The average Bonchev–Trinajstić information content (AvgIpc) is 3.24. The van der Waals surface area contributed by atoms with Gasteiger partial charge in [0.2, 0.25) is 0 Å². The molecule has 0 radical (unpaired) electrons. The summed E-state index contributed by atoms with van der Waals surface area (Å²) < 4.78 is 26.0. The molecule has 2 aliphatic carbocycles. The fraction of sp³-hybridized carbons (Fsp3) is 0.351. The summed E-state index contributed by atoms with van der Waals surface area (Å²) in [6, 6.07) is 17.3. The van der Waals surface area contributed by atoms with Gasteiger partial charge in [-0.1, -0.05) is 27.7 Å². The van der Waals surface area contributed by atoms with Gasteiger partial charge in [-0.05, 0) is 144 Å². The van der Waals surface area contributed by atoms with Crippen molar-refractivity contribution in [2.24, 2.45) is 0 Å². The Balaban J connectivity index is 1.29. The summed E-state index contributed by atoms with van der Waals surface area (Å²) in [5.74, 6) is 6.31. The Morgan fingerprint density at radius 3 is 0.927 bits per heavy atom. The lowest BCUT2D eigenvalue weighted by Crippen LogP contribution is -2.27. The molecule has 0 fully saturated rings. The fourth-order valence-corrected chi connectivity index (χ4v) is 7.96. The molecule has 4 aromatic rings. The van der Waals surface area contributed by atoms with Crippen LogP contribution in [0, 0.1) is 27.7 Å². The van der Waals surface area contributed by atoms with Crippen LogP contribution in [0.15, 0.2) is 48.5 Å². The molecular formula is C37H36O4. The Hall–Kier alpha value is -3.92. The third-order valence-electron chi connectivity index (χ3n) is 10.1. The first-order valence-corrected chi connectivity index (χ1v) is 14.7. The number of fused-ring (bicyclic) bond motifs is 8. The van der Waals surface area contributed by atoms with Gasteiger partial charge in [-0.25, -0.2) is 0 Å². The Kier molecular flexibility index (Phi) is 4.65. The second-order valence-corrected chi connectivity index (χ2v) is 14.1. The SMILES string of the molecule is Cc1cc2c(cc1C)Oc1cc3c(cc1O2)C(C)(C)CC31CC(C)(C)c2cc3c(cc21)Oc1cc(C)c(C)cc1O3. The smallest absolute Gasteiger partial charge is 0.170 e. The van der Waals surface area contributed by atoms with E-state index in [1.54, 1.807) is 0 Å². The number of hydrogen-bond donors (Lipinski definition) is 0. The molecule has 4 aliphatic rings. The molecule has 4 heteroatoms. The Bertz CT molecular complexity index is 1710. The molecule has 2 aliphatic heterocycles. The topological polar surface area (TPSA) is 36.9 Å². The lowest BCUT2D eigenvalue weighted by Gasteiger charge is -2.31. The molecular weight excluding hydrogens is 508 g/mol. The standard InChI is InChI=1S/C37H36O4/c1-19-9-27-29(11-21(19)3)40-33-15-25-23(13-31(33)38-27)35(5,6)17-37(25)18-36(7,8)24-14-32-34(16-26(24)37)41-30-12-22(4)20(2)10-28(30)39-32/h9-16H,17-18H2,1-8H3. The van der Waals surface area contributed by atoms with Crippen LogP contribution in [-0.4, -0.2) is 0 Å². The molecule has 2 heterocycles. The summed E-state index contributed by atoms with van der Waals surface area (Å²) in [6.07, 6.45) is 2.02. The molecule has 0 saturated carbocycles. The molecule has 0 N–H and O–H groups in total. The monoisotopic (exact) mass is 544 g/mol. The Morgan fingerprint density at radius 2 is 0.634 bits per heavy atom. The largest absolute Gasteiger partial charge is 0.449 e. The van der Waals surface area contributed by atoms with Crippen molar-refractivity contribution >= 4 is 0 Å². The maximum Gasteiger partial charge on any atom is 0.170 e. The molecule has 41 heavy (non-hydrogen) atoms. The number of ether oxygens (including phenoxy) is 4. The van der Waals surface area contributed by atoms with Crippen LogP contribution >= 0.6 is 0 Å². The van der Waals surface area contributed by atoms with Gasteiger partial charge in [0, 0.05) is 5.41 Å². The van der Waals surface area contributed by atoms with E-state index >= 15 is 0 Å². The van der Waals surface area contributed by atoms with Crippen LogP contribution in [-0.2, 0) is 16.2 Å². The number of rotatable bonds is 0. The minimum absolute atomic E-state index is 0.0383. The van der Waals surface area contributed by atoms with Crippen molar-refractivity contribution in [1.82, 2.24) is 0 Å². The molecule has 208 valence electrons. The predicted molar refractivity (Wildman–Crippen MR) is 161 cm³/mol. The Morgan fingerprint density at radius 1 is 0.390 bits per heavy atom. The van der Waals surface area contributed by atoms with Crippen LogP contribution in [0.1, 0.15) is 85.0 Å². The zero-order valence-corrected chi connectivity index (χ0v) is 25.2. The normalized spacial score (nSPS) is 18.9. The predicted octanol–water partition coefficient (Wildman–Crippen LogP) is 10.4. The maximum atomic E-state index is 6.53. The van der Waals surface area contributed by atoms with Crippen LogP contribution in [0.5, 0.6) is 46.0 Å². The molecule has 0 unspecified atom stereocenters. The summed E-state index contributed by atoms with van der Waals surface area (Å²) in [4.78, 5) is 0. The minimum atomic E-state index is -0.165. The van der Waals surface area contributed by atoms with Gasteiger partial charge in [-0.3, -0.25) is 0 Å². The first kappa shape index (κ1) is 24.8. The fourth-order valence-electron chi connectivity index (χ4n) is 7.96. The Labute approximate surface area is 242 Å². The third-order valence-corrected chi connectivity index (χ3v) is 10.1. The van der Waals surface area contributed by atoms with E-state index in [-0.39, 0.29) is 16.2 Å². The molecule has 4 aromatic carbocycles. The van der Waals surface area contributed by atoms with Gasteiger partial charge >= 0.3 is 0 Å². The summed E-state index contributed by atoms with van der Waals surface area (Å²) in [5, 5.41) is 0. The maximum absolute atomic E-state index is 6.53. The quantitative estimate of drug-likeness (QED) is 0.191. The van der Waals surface area contributed by atoms with Crippen molar-refractivity contribution < 1.29 is 18.9 Å². The number of benzene rings is 4. The minimum Gasteiger partial charge on any atom is -0.449 e. The second kappa shape index (κ2) is 7.67. The van der Waals surface area contributed by atoms with Crippen LogP contribution < -0.4 is 18.9 Å². The van der Waals surface area contributed by atoms with Crippen molar-refractivity contribution in [3.8, 4) is 46.0 Å². The highest BCUT2D eigenvalue weighted by atomic mass is 16.6. The highest BCUT2D eigenvalue weighted by Gasteiger charge is 2.57. The van der Waals surface area contributed by atoms with Crippen molar-refractivity contribution in [3.05, 3.63) is 93.0 Å². The third kappa shape index (κ3) is 3.34. The molecule has 0 atom stereocenters. The molecule has 0 amide bonds. The first-order chi connectivity index (χ1) is 19.3. The highest BCUT2D eigenvalue weighted by molar-refractivity contribution is 5.69. The number of aryl methyl sites for hydroxylation is 4. The van der Waals surface area contributed by atoms with E-state index in [2.05, 4.69) is 104 Å². The number of hydrogen-bond acceptors (Lipinski definition) is 4. The van der Waals surface area contributed by atoms with Gasteiger partial charge in [0.25, 0.3) is 0 Å². The summed E-state index contributed by atoms with van der Waals surface area (Å²) >= 11 is 0. The van der Waals surface area contributed by atoms with E-state index in [4.69, 9.17) is 18.9 Å². The van der Waals surface area contributed by atoms with E-state index < -0.39 is 0 Å². The lowest BCUT2D eigenvalue weighted by molar-refractivity contribution is 0.347. The van der Waals surface area contributed by atoms with E-state index in [1.807, 2.05) is 0 Å². The van der Waals surface area contributed by atoms with E-state index in [0.717, 1.165) is 58.8 Å². The van der Waals surface area contributed by atoms with Gasteiger partial charge < -0.3 is 18.9 Å². The van der Waals surface area contributed by atoms with Crippen LogP contribution in [0.4, 0.5) is 0 Å². The highest BCUT2D eigenvalue weighted by Crippen LogP contribution is 2.66. The van der Waals surface area contributed by atoms with Crippen LogP contribution in [0.2, 0.25) is 0 Å². The summed E-state index contributed by atoms with van der Waals surface area (Å²) in [5.41, 5.74) is 9.89. The van der Waals surface area contributed by atoms with Gasteiger partial charge in [0.1, 0.15) is 0 Å². The average molecular weight is 545 g/mol. The molecule has 1 spiro atoms. The van der Waals surface area contributed by atoms with Crippen LogP contribution in [0.25, 0.3) is 0 Å². The van der Waals surface area contributed by atoms with Gasteiger partial charge in [-0.15, -0.1) is 0 Å². The van der Waals surface area contributed by atoms with Crippen molar-refractivity contribution in [2.75, 3.05) is 0 Å². The van der Waals surface area contributed by atoms with Crippen molar-refractivity contribution in [1.29, 1.82) is 0 Å². The van der Waals surface area contributed by atoms with E-state index in [9.17, 15) is 0 Å². The second-order valence-electron chi connectivity index (χ2n) is 14.1. The van der Waals surface area contributed by atoms with E-state index in [1.165, 1.54) is 44.5 Å². The molecule has 0 aromatic heterocycles. The van der Waals surface area contributed by atoms with Gasteiger partial charge in [0.05, 0.1) is 0 Å². The molecule has 8 rings (SSSR count). The molecule has 0 saturated heterocycles. The van der Waals surface area contributed by atoms with Crippen molar-refractivity contribution in [2.45, 2.75) is 84.5 Å². The van der Waals surface area contributed by atoms with Gasteiger partial charge in [-0.2, -0.15) is 0 Å². The first-order valence-electron chi connectivity index (χ1n) is 14.7. The molecule has 0 bridgehead atoms. The van der Waals surface area contributed by atoms with Crippen LogP contribution in [0.3, 0.4) is 0 Å². The summed E-state index contributed by atoms with van der Waals surface area (Å²) in [7, 11) is 0. The van der Waals surface area contributed by atoms with Gasteiger partial charge in [0.15, 0.2) is 46.0 Å². The lowest BCUT2D eigenvalue weighted by atomic mass is 9.72. The molecule has 4 nitrogen and oxygen atoms in total. The zero-order valence-electron chi connectivity index (χ0n) is 25.2. The van der Waals surface area contributed by atoms with Crippen molar-refractivity contribution in [3.63, 3.8) is 0 Å². The van der Waals surface area contributed by atoms with E-state index in [0.29, 0.717) is 0 Å².